The fourth-order valence-electron chi connectivity index (χ4n) is 1.56. The summed E-state index contributed by atoms with van der Waals surface area (Å²) in [5.41, 5.74) is 2.14. The van der Waals surface area contributed by atoms with Crippen LogP contribution >= 0.6 is 0 Å². The van der Waals surface area contributed by atoms with Crippen molar-refractivity contribution >= 4 is 11.7 Å². The number of anilines is 1. The average molecular weight is 227 g/mol. The third kappa shape index (κ3) is 3.38. The number of amides is 1. The maximum Gasteiger partial charge on any atom is 0.229 e. The van der Waals surface area contributed by atoms with Crippen molar-refractivity contribution in [2.45, 2.75) is 13.3 Å². The quantitative estimate of drug-likeness (QED) is 0.872. The molecule has 0 fully saturated rings. The molecule has 86 valence electrons. The van der Waals surface area contributed by atoms with Crippen LogP contribution in [0.1, 0.15) is 11.1 Å². The van der Waals surface area contributed by atoms with Crippen LogP contribution in [0.15, 0.2) is 42.9 Å². The summed E-state index contributed by atoms with van der Waals surface area (Å²) in [4.78, 5) is 19.6. The van der Waals surface area contributed by atoms with Gasteiger partial charge in [0.25, 0.3) is 0 Å². The van der Waals surface area contributed by atoms with Gasteiger partial charge in [-0.25, -0.2) is 4.98 Å². The summed E-state index contributed by atoms with van der Waals surface area (Å²) in [6, 6.07) is 7.88. The summed E-state index contributed by atoms with van der Waals surface area (Å²) in [6.07, 6.45) is 4.98. The van der Waals surface area contributed by atoms with E-state index in [1.54, 1.807) is 12.4 Å². The van der Waals surface area contributed by atoms with Crippen LogP contribution in [-0.4, -0.2) is 15.9 Å². The zero-order valence-electron chi connectivity index (χ0n) is 9.55. The Hall–Kier alpha value is -2.23. The largest absolute Gasteiger partial charge is 0.309 e. The molecule has 0 spiro atoms. The van der Waals surface area contributed by atoms with Crippen LogP contribution in [0, 0.1) is 6.92 Å². The van der Waals surface area contributed by atoms with Crippen molar-refractivity contribution in [2.24, 2.45) is 0 Å². The number of hydrogen-bond donors (Lipinski definition) is 1. The highest BCUT2D eigenvalue weighted by molar-refractivity contribution is 5.91. The van der Waals surface area contributed by atoms with Gasteiger partial charge in [0.15, 0.2) is 5.82 Å². The van der Waals surface area contributed by atoms with E-state index in [1.807, 2.05) is 31.2 Å². The molecule has 4 nitrogen and oxygen atoms in total. The second-order valence-corrected chi connectivity index (χ2v) is 3.80. The van der Waals surface area contributed by atoms with E-state index in [4.69, 9.17) is 0 Å². The normalized spacial score (nSPS) is 9.94. The third-order valence-corrected chi connectivity index (χ3v) is 2.28. The van der Waals surface area contributed by atoms with Gasteiger partial charge in [0, 0.05) is 12.4 Å². The molecule has 4 heteroatoms. The van der Waals surface area contributed by atoms with Crippen molar-refractivity contribution in [1.29, 1.82) is 0 Å². The summed E-state index contributed by atoms with van der Waals surface area (Å²) < 4.78 is 0. The minimum absolute atomic E-state index is 0.0869. The highest BCUT2D eigenvalue weighted by Crippen LogP contribution is 2.06. The lowest BCUT2D eigenvalue weighted by Gasteiger charge is -2.04. The monoisotopic (exact) mass is 227 g/mol. The SMILES string of the molecule is Cc1cccc(CC(=O)Nc2cnccn2)c1. The molecule has 2 rings (SSSR count). The van der Waals surface area contributed by atoms with E-state index in [0.29, 0.717) is 12.2 Å². The van der Waals surface area contributed by atoms with Gasteiger partial charge in [0.05, 0.1) is 12.6 Å². The molecule has 1 amide bonds. The highest BCUT2D eigenvalue weighted by Gasteiger charge is 2.04. The van der Waals surface area contributed by atoms with Gasteiger partial charge in [-0.2, -0.15) is 0 Å². The highest BCUT2D eigenvalue weighted by atomic mass is 16.1. The topological polar surface area (TPSA) is 54.9 Å². The smallest absolute Gasteiger partial charge is 0.229 e. The van der Waals surface area contributed by atoms with Crippen molar-refractivity contribution in [3.05, 3.63) is 54.0 Å². The Labute approximate surface area is 99.7 Å². The molecule has 0 radical (unpaired) electrons. The molecule has 2 aromatic rings. The van der Waals surface area contributed by atoms with Gasteiger partial charge in [0.1, 0.15) is 0 Å². The Kier molecular flexibility index (Phi) is 3.45. The van der Waals surface area contributed by atoms with Crippen LogP contribution in [0.3, 0.4) is 0 Å². The molecule has 1 N–H and O–H groups in total. The standard InChI is InChI=1S/C13H13N3O/c1-10-3-2-4-11(7-10)8-13(17)16-12-9-14-5-6-15-12/h2-7,9H,8H2,1H3,(H,15,16,17). The summed E-state index contributed by atoms with van der Waals surface area (Å²) >= 11 is 0. The molecule has 0 aliphatic rings. The zero-order valence-corrected chi connectivity index (χ0v) is 9.55. The number of nitrogens with one attached hydrogen (secondary N) is 1. The van der Waals surface area contributed by atoms with Gasteiger partial charge in [-0.1, -0.05) is 29.8 Å². The molecule has 1 aromatic carbocycles. The third-order valence-electron chi connectivity index (χ3n) is 2.28. The number of aromatic nitrogens is 2. The van der Waals surface area contributed by atoms with E-state index >= 15 is 0 Å². The van der Waals surface area contributed by atoms with E-state index < -0.39 is 0 Å². The fourth-order valence-corrected chi connectivity index (χ4v) is 1.56. The molecule has 0 atom stereocenters. The molecule has 0 saturated carbocycles. The number of carbonyl (C=O) groups excluding carboxylic acids is 1. The first-order valence-electron chi connectivity index (χ1n) is 5.35. The second-order valence-electron chi connectivity index (χ2n) is 3.80. The number of hydrogen-bond acceptors (Lipinski definition) is 3. The Morgan fingerprint density at radius 2 is 2.24 bits per heavy atom. The van der Waals surface area contributed by atoms with Crippen LogP contribution in [-0.2, 0) is 11.2 Å². The average Bonchev–Trinajstić information content (AvgIpc) is 2.30. The maximum absolute atomic E-state index is 11.7. The van der Waals surface area contributed by atoms with Crippen molar-refractivity contribution in [2.75, 3.05) is 5.32 Å². The first-order valence-corrected chi connectivity index (χ1v) is 5.35. The van der Waals surface area contributed by atoms with E-state index in [-0.39, 0.29) is 5.91 Å². The molecular formula is C13H13N3O. The molecular weight excluding hydrogens is 214 g/mol. The van der Waals surface area contributed by atoms with Crippen molar-refractivity contribution in [1.82, 2.24) is 9.97 Å². The number of carbonyl (C=O) groups is 1. The zero-order chi connectivity index (χ0) is 12.1. The molecule has 1 aromatic heterocycles. The minimum Gasteiger partial charge on any atom is -0.309 e. The number of rotatable bonds is 3. The van der Waals surface area contributed by atoms with E-state index in [9.17, 15) is 4.79 Å². The van der Waals surface area contributed by atoms with E-state index in [0.717, 1.165) is 11.1 Å². The Morgan fingerprint density at radius 3 is 2.94 bits per heavy atom. The summed E-state index contributed by atoms with van der Waals surface area (Å²) in [5, 5.41) is 2.70. The van der Waals surface area contributed by atoms with Crippen LogP contribution in [0.5, 0.6) is 0 Å². The van der Waals surface area contributed by atoms with Crippen LogP contribution in [0.4, 0.5) is 5.82 Å². The predicted molar refractivity (Wildman–Crippen MR) is 65.5 cm³/mol. The Bertz CT molecular complexity index is 511. The lowest BCUT2D eigenvalue weighted by atomic mass is 10.1. The minimum atomic E-state index is -0.0869. The fraction of sp³-hybridized carbons (Fsp3) is 0.154. The lowest BCUT2D eigenvalue weighted by molar-refractivity contribution is -0.115. The molecule has 0 saturated heterocycles. The van der Waals surface area contributed by atoms with Crippen molar-refractivity contribution in [3.8, 4) is 0 Å². The number of aryl methyl sites for hydroxylation is 1. The van der Waals surface area contributed by atoms with E-state index in [2.05, 4.69) is 15.3 Å². The van der Waals surface area contributed by atoms with Crippen molar-refractivity contribution < 1.29 is 4.79 Å². The van der Waals surface area contributed by atoms with Gasteiger partial charge < -0.3 is 5.32 Å². The van der Waals surface area contributed by atoms with Crippen LogP contribution < -0.4 is 5.32 Å². The lowest BCUT2D eigenvalue weighted by Crippen LogP contribution is -2.15. The molecule has 0 aliphatic heterocycles. The van der Waals surface area contributed by atoms with Crippen LogP contribution in [0.25, 0.3) is 0 Å². The van der Waals surface area contributed by atoms with Gasteiger partial charge >= 0.3 is 0 Å². The molecule has 17 heavy (non-hydrogen) atoms. The summed E-state index contributed by atoms with van der Waals surface area (Å²) in [7, 11) is 0. The molecule has 0 unspecified atom stereocenters. The van der Waals surface area contributed by atoms with E-state index in [1.165, 1.54) is 6.20 Å². The number of nitrogens with zero attached hydrogens (tertiary/aromatic N) is 2. The number of benzene rings is 1. The molecule has 0 aliphatic carbocycles. The second kappa shape index (κ2) is 5.21. The predicted octanol–water partition coefficient (Wildman–Crippen LogP) is 1.97. The van der Waals surface area contributed by atoms with Crippen LogP contribution in [0.2, 0.25) is 0 Å². The molecule has 0 bridgehead atoms. The van der Waals surface area contributed by atoms with Gasteiger partial charge in [0.2, 0.25) is 5.91 Å². The first-order chi connectivity index (χ1) is 8.24. The van der Waals surface area contributed by atoms with Gasteiger partial charge in [-0.3, -0.25) is 9.78 Å². The Balaban J connectivity index is 1.98. The van der Waals surface area contributed by atoms with Gasteiger partial charge in [-0.05, 0) is 12.5 Å². The first kappa shape index (κ1) is 11.3. The summed E-state index contributed by atoms with van der Waals surface area (Å²) in [5.74, 6) is 0.390. The van der Waals surface area contributed by atoms with Gasteiger partial charge in [-0.15, -0.1) is 0 Å². The van der Waals surface area contributed by atoms with Crippen molar-refractivity contribution in [3.63, 3.8) is 0 Å². The maximum atomic E-state index is 11.7. The Morgan fingerprint density at radius 1 is 1.35 bits per heavy atom. The molecule has 1 heterocycles. The summed E-state index contributed by atoms with van der Waals surface area (Å²) in [6.45, 7) is 2.00.